The number of aryl methyl sites for hydroxylation is 1. The molecule has 1 amide bonds. The Morgan fingerprint density at radius 1 is 1.42 bits per heavy atom. The zero-order chi connectivity index (χ0) is 13.7. The Kier molecular flexibility index (Phi) is 4.97. The van der Waals surface area contributed by atoms with Crippen LogP contribution in [0.2, 0.25) is 0 Å². The Bertz CT molecular complexity index is 442. The third-order valence-corrected chi connectivity index (χ3v) is 3.88. The number of carbonyl (C=O) groups is 1. The van der Waals surface area contributed by atoms with E-state index in [2.05, 4.69) is 35.8 Å². The smallest absolute Gasteiger partial charge is 0.251 e. The Balaban J connectivity index is 2.25. The van der Waals surface area contributed by atoms with Crippen molar-refractivity contribution in [2.75, 3.05) is 13.6 Å². The Morgan fingerprint density at radius 3 is 3.00 bits per heavy atom. The summed E-state index contributed by atoms with van der Waals surface area (Å²) in [5.41, 5.74) is 3.28. The molecule has 2 rings (SSSR count). The fourth-order valence-electron chi connectivity index (χ4n) is 2.70. The zero-order valence-corrected chi connectivity index (χ0v) is 12.0. The molecule has 1 aromatic carbocycles. The second kappa shape index (κ2) is 6.71. The van der Waals surface area contributed by atoms with Gasteiger partial charge in [0.2, 0.25) is 0 Å². The maximum atomic E-state index is 12.1. The van der Waals surface area contributed by atoms with E-state index in [1.165, 1.54) is 24.0 Å². The quantitative estimate of drug-likeness (QED) is 0.854. The molecule has 19 heavy (non-hydrogen) atoms. The summed E-state index contributed by atoms with van der Waals surface area (Å²) in [5, 5.41) is 6.33. The van der Waals surface area contributed by atoms with Gasteiger partial charge in [0.05, 0.1) is 0 Å². The van der Waals surface area contributed by atoms with Crippen LogP contribution in [0.1, 0.15) is 60.1 Å². The van der Waals surface area contributed by atoms with E-state index in [1.807, 2.05) is 7.05 Å². The summed E-state index contributed by atoms with van der Waals surface area (Å²) >= 11 is 0. The highest BCUT2D eigenvalue weighted by molar-refractivity contribution is 5.96. The van der Waals surface area contributed by atoms with Gasteiger partial charge in [0.15, 0.2) is 0 Å². The highest BCUT2D eigenvalue weighted by atomic mass is 16.1. The minimum absolute atomic E-state index is 0.0831. The van der Waals surface area contributed by atoms with Crippen LogP contribution in [0.3, 0.4) is 0 Å². The number of fused-ring (bicyclic) bond motifs is 1. The second-order valence-corrected chi connectivity index (χ2v) is 5.26. The molecule has 1 unspecified atom stereocenters. The SMILES string of the molecule is CCCCC(NC)c1ccc2c(c1)C(=O)NCCC2. The lowest BCUT2D eigenvalue weighted by molar-refractivity contribution is 0.0956. The topological polar surface area (TPSA) is 41.1 Å². The van der Waals surface area contributed by atoms with Gasteiger partial charge in [-0.3, -0.25) is 4.79 Å². The molecule has 1 aromatic rings. The fraction of sp³-hybridized carbons (Fsp3) is 0.562. The van der Waals surface area contributed by atoms with Gasteiger partial charge < -0.3 is 10.6 Å². The van der Waals surface area contributed by atoms with Crippen molar-refractivity contribution in [2.45, 2.75) is 45.1 Å². The van der Waals surface area contributed by atoms with Gasteiger partial charge in [-0.2, -0.15) is 0 Å². The van der Waals surface area contributed by atoms with Crippen LogP contribution in [0.25, 0.3) is 0 Å². The van der Waals surface area contributed by atoms with Gasteiger partial charge in [-0.05, 0) is 43.5 Å². The second-order valence-electron chi connectivity index (χ2n) is 5.26. The molecule has 3 heteroatoms. The van der Waals surface area contributed by atoms with Crippen LogP contribution in [0.5, 0.6) is 0 Å². The molecule has 0 spiro atoms. The predicted molar refractivity (Wildman–Crippen MR) is 78.4 cm³/mol. The molecule has 1 atom stereocenters. The van der Waals surface area contributed by atoms with Crippen LogP contribution >= 0.6 is 0 Å². The minimum Gasteiger partial charge on any atom is -0.352 e. The first-order chi connectivity index (χ1) is 9.26. The summed E-state index contributed by atoms with van der Waals surface area (Å²) < 4.78 is 0. The van der Waals surface area contributed by atoms with E-state index in [0.717, 1.165) is 31.4 Å². The Hall–Kier alpha value is -1.35. The number of hydrogen-bond acceptors (Lipinski definition) is 2. The summed E-state index contributed by atoms with van der Waals surface area (Å²) in [6.07, 6.45) is 5.54. The van der Waals surface area contributed by atoms with E-state index in [-0.39, 0.29) is 5.91 Å². The van der Waals surface area contributed by atoms with Crippen molar-refractivity contribution in [3.63, 3.8) is 0 Å². The number of unbranched alkanes of at least 4 members (excludes halogenated alkanes) is 1. The minimum atomic E-state index is 0.0831. The largest absolute Gasteiger partial charge is 0.352 e. The molecule has 1 aliphatic rings. The van der Waals surface area contributed by atoms with E-state index >= 15 is 0 Å². The van der Waals surface area contributed by atoms with Gasteiger partial charge in [0.1, 0.15) is 0 Å². The normalized spacial score (nSPS) is 16.4. The number of hydrogen-bond donors (Lipinski definition) is 2. The van der Waals surface area contributed by atoms with Crippen LogP contribution in [-0.4, -0.2) is 19.5 Å². The number of nitrogens with one attached hydrogen (secondary N) is 2. The van der Waals surface area contributed by atoms with Crippen LogP contribution < -0.4 is 10.6 Å². The highest BCUT2D eigenvalue weighted by Gasteiger charge is 2.17. The van der Waals surface area contributed by atoms with E-state index in [0.29, 0.717) is 6.04 Å². The van der Waals surface area contributed by atoms with Crippen molar-refractivity contribution < 1.29 is 4.79 Å². The monoisotopic (exact) mass is 260 g/mol. The highest BCUT2D eigenvalue weighted by Crippen LogP contribution is 2.23. The molecule has 0 fully saturated rings. The Labute approximate surface area is 115 Å². The van der Waals surface area contributed by atoms with Crippen molar-refractivity contribution in [1.29, 1.82) is 0 Å². The van der Waals surface area contributed by atoms with Crippen molar-refractivity contribution >= 4 is 5.91 Å². The predicted octanol–water partition coefficient (Wildman–Crippen LogP) is 2.81. The third kappa shape index (κ3) is 3.35. The van der Waals surface area contributed by atoms with E-state index in [4.69, 9.17) is 0 Å². The van der Waals surface area contributed by atoms with E-state index in [9.17, 15) is 4.79 Å². The molecule has 2 N–H and O–H groups in total. The number of amides is 1. The van der Waals surface area contributed by atoms with Crippen molar-refractivity contribution in [3.05, 3.63) is 34.9 Å². The lowest BCUT2D eigenvalue weighted by atomic mass is 9.95. The summed E-state index contributed by atoms with van der Waals surface area (Å²) in [5.74, 6) is 0.0831. The van der Waals surface area contributed by atoms with E-state index < -0.39 is 0 Å². The molecule has 0 radical (unpaired) electrons. The van der Waals surface area contributed by atoms with Gasteiger partial charge >= 0.3 is 0 Å². The summed E-state index contributed by atoms with van der Waals surface area (Å²) in [6.45, 7) is 2.99. The van der Waals surface area contributed by atoms with Crippen molar-refractivity contribution in [2.24, 2.45) is 0 Å². The van der Waals surface area contributed by atoms with Crippen molar-refractivity contribution in [1.82, 2.24) is 10.6 Å². The molecule has 0 aliphatic carbocycles. The van der Waals surface area contributed by atoms with Crippen LogP contribution in [-0.2, 0) is 6.42 Å². The van der Waals surface area contributed by atoms with Gasteiger partial charge in [-0.15, -0.1) is 0 Å². The first-order valence-corrected chi connectivity index (χ1v) is 7.34. The number of benzene rings is 1. The lowest BCUT2D eigenvalue weighted by Gasteiger charge is -2.18. The Morgan fingerprint density at radius 2 is 2.26 bits per heavy atom. The first-order valence-electron chi connectivity index (χ1n) is 7.34. The molecule has 1 heterocycles. The van der Waals surface area contributed by atoms with Gasteiger partial charge in [-0.1, -0.05) is 31.9 Å². The van der Waals surface area contributed by atoms with Gasteiger partial charge in [0, 0.05) is 18.2 Å². The molecule has 1 aliphatic heterocycles. The zero-order valence-electron chi connectivity index (χ0n) is 12.0. The molecule has 0 saturated carbocycles. The average Bonchev–Trinajstić information content (AvgIpc) is 2.62. The number of rotatable bonds is 5. The fourth-order valence-corrected chi connectivity index (χ4v) is 2.70. The van der Waals surface area contributed by atoms with Crippen LogP contribution in [0.15, 0.2) is 18.2 Å². The van der Waals surface area contributed by atoms with E-state index in [1.54, 1.807) is 0 Å². The molecule has 0 aromatic heterocycles. The van der Waals surface area contributed by atoms with Gasteiger partial charge in [-0.25, -0.2) is 0 Å². The third-order valence-electron chi connectivity index (χ3n) is 3.88. The summed E-state index contributed by atoms with van der Waals surface area (Å²) in [6, 6.07) is 6.73. The molecular formula is C16H24N2O. The standard InChI is InChI=1S/C16H24N2O/c1-3-4-7-15(17-2)13-9-8-12-6-5-10-18-16(19)14(12)11-13/h8-9,11,15,17H,3-7,10H2,1-2H3,(H,18,19). The number of carbonyl (C=O) groups excluding carboxylic acids is 1. The molecule has 104 valence electrons. The van der Waals surface area contributed by atoms with Crippen molar-refractivity contribution in [3.8, 4) is 0 Å². The molecular weight excluding hydrogens is 236 g/mol. The lowest BCUT2D eigenvalue weighted by Crippen LogP contribution is -2.23. The first kappa shape index (κ1) is 14.1. The average molecular weight is 260 g/mol. The van der Waals surface area contributed by atoms with Crippen LogP contribution in [0.4, 0.5) is 0 Å². The maximum absolute atomic E-state index is 12.1. The summed E-state index contributed by atoms with van der Waals surface area (Å²) in [4.78, 5) is 12.1. The molecule has 0 bridgehead atoms. The summed E-state index contributed by atoms with van der Waals surface area (Å²) in [7, 11) is 1.99. The maximum Gasteiger partial charge on any atom is 0.251 e. The molecule has 0 saturated heterocycles. The van der Waals surface area contributed by atoms with Gasteiger partial charge in [0.25, 0.3) is 5.91 Å². The molecule has 3 nitrogen and oxygen atoms in total. The van der Waals surface area contributed by atoms with Crippen LogP contribution in [0, 0.1) is 0 Å².